The number of hydrogen-bond acceptors (Lipinski definition) is 5. The van der Waals surface area contributed by atoms with Crippen LogP contribution in [0.4, 0.5) is 5.69 Å². The smallest absolute Gasteiger partial charge is 0.333 e. The predicted molar refractivity (Wildman–Crippen MR) is 81.8 cm³/mol. The van der Waals surface area contributed by atoms with Gasteiger partial charge in [-0.3, -0.25) is 14.9 Å². The number of nitro benzene ring substituents is 1. The maximum Gasteiger partial charge on any atom is 0.333 e. The molecule has 1 unspecified atom stereocenters. The van der Waals surface area contributed by atoms with Crippen LogP contribution in [0.1, 0.15) is 22.0 Å². The summed E-state index contributed by atoms with van der Waals surface area (Å²) in [5.41, 5.74) is 0.671. The number of nitrogens with one attached hydrogen (secondary N) is 1. The van der Waals surface area contributed by atoms with Gasteiger partial charge in [-0.25, -0.2) is 4.79 Å². The fourth-order valence-corrected chi connectivity index (χ4v) is 1.99. The van der Waals surface area contributed by atoms with Crippen molar-refractivity contribution in [1.82, 2.24) is 5.32 Å². The second-order valence-corrected chi connectivity index (χ2v) is 4.64. The lowest BCUT2D eigenvalue weighted by Gasteiger charge is -2.16. The molecule has 7 nitrogen and oxygen atoms in total. The van der Waals surface area contributed by atoms with E-state index in [1.165, 1.54) is 31.4 Å². The molecule has 0 bridgehead atoms. The van der Waals surface area contributed by atoms with E-state index in [1.54, 1.807) is 30.3 Å². The highest BCUT2D eigenvalue weighted by Gasteiger charge is 2.24. The summed E-state index contributed by atoms with van der Waals surface area (Å²) in [6.07, 6.45) is 0. The van der Waals surface area contributed by atoms with Crippen LogP contribution in [-0.2, 0) is 9.53 Å². The standard InChI is InChI=1S/C16H14N2O5/c1-23-16(20)14(11-5-3-2-4-6-11)17-15(19)12-7-9-13(10-8-12)18(21)22/h2-10,14H,1H3,(H,17,19). The van der Waals surface area contributed by atoms with Crippen LogP contribution in [0.25, 0.3) is 0 Å². The van der Waals surface area contributed by atoms with Crippen molar-refractivity contribution in [2.24, 2.45) is 0 Å². The maximum atomic E-state index is 12.2. The normalized spacial score (nSPS) is 11.3. The van der Waals surface area contributed by atoms with Gasteiger partial charge < -0.3 is 10.1 Å². The van der Waals surface area contributed by atoms with Crippen molar-refractivity contribution in [2.45, 2.75) is 6.04 Å². The van der Waals surface area contributed by atoms with Crippen LogP contribution in [0.2, 0.25) is 0 Å². The zero-order chi connectivity index (χ0) is 16.8. The number of non-ortho nitro benzene ring substituents is 1. The number of rotatable bonds is 5. The predicted octanol–water partition coefficient (Wildman–Crippen LogP) is 2.24. The molecule has 0 heterocycles. The molecule has 1 amide bonds. The van der Waals surface area contributed by atoms with Crippen LogP contribution in [-0.4, -0.2) is 23.9 Å². The minimum absolute atomic E-state index is 0.117. The van der Waals surface area contributed by atoms with Crippen molar-refractivity contribution >= 4 is 17.6 Å². The van der Waals surface area contributed by atoms with Gasteiger partial charge in [0.05, 0.1) is 12.0 Å². The molecule has 118 valence electrons. The Morgan fingerprint density at radius 3 is 2.22 bits per heavy atom. The van der Waals surface area contributed by atoms with Crippen LogP contribution in [0.15, 0.2) is 54.6 Å². The quantitative estimate of drug-likeness (QED) is 0.518. The Kier molecular flexibility index (Phi) is 5.03. The van der Waals surface area contributed by atoms with E-state index in [0.29, 0.717) is 5.56 Å². The molecule has 0 fully saturated rings. The third-order valence-electron chi connectivity index (χ3n) is 3.19. The molecule has 2 aromatic carbocycles. The largest absolute Gasteiger partial charge is 0.467 e. The number of hydrogen-bond donors (Lipinski definition) is 1. The Hall–Kier alpha value is -3.22. The summed E-state index contributed by atoms with van der Waals surface area (Å²) in [7, 11) is 1.23. The van der Waals surface area contributed by atoms with Gasteiger partial charge in [-0.1, -0.05) is 30.3 Å². The highest BCUT2D eigenvalue weighted by atomic mass is 16.6. The molecule has 23 heavy (non-hydrogen) atoms. The average Bonchev–Trinajstić information content (AvgIpc) is 2.59. The van der Waals surface area contributed by atoms with Crippen LogP contribution in [0.3, 0.4) is 0 Å². The molecular weight excluding hydrogens is 300 g/mol. The topological polar surface area (TPSA) is 98.5 Å². The van der Waals surface area contributed by atoms with E-state index >= 15 is 0 Å². The first kappa shape index (κ1) is 16.2. The Balaban J connectivity index is 2.20. The van der Waals surface area contributed by atoms with Crippen molar-refractivity contribution in [3.8, 4) is 0 Å². The Labute approximate surface area is 132 Å². The molecule has 2 aromatic rings. The number of carbonyl (C=O) groups is 2. The minimum Gasteiger partial charge on any atom is -0.467 e. The summed E-state index contributed by atoms with van der Waals surface area (Å²) in [4.78, 5) is 34.2. The number of methoxy groups -OCH3 is 1. The molecule has 0 aromatic heterocycles. The lowest BCUT2D eigenvalue weighted by atomic mass is 10.1. The zero-order valence-corrected chi connectivity index (χ0v) is 12.3. The molecule has 0 saturated carbocycles. The van der Waals surface area contributed by atoms with Gasteiger partial charge in [-0.15, -0.1) is 0 Å². The fraction of sp³-hybridized carbons (Fsp3) is 0.125. The van der Waals surface area contributed by atoms with Gasteiger partial charge in [0.2, 0.25) is 0 Å². The van der Waals surface area contributed by atoms with Crippen LogP contribution in [0.5, 0.6) is 0 Å². The molecule has 0 aliphatic heterocycles. The van der Waals surface area contributed by atoms with Crippen molar-refractivity contribution in [3.05, 3.63) is 75.8 Å². The Morgan fingerprint density at radius 1 is 1.09 bits per heavy atom. The first-order valence-corrected chi connectivity index (χ1v) is 6.71. The molecule has 2 rings (SSSR count). The highest BCUT2D eigenvalue weighted by molar-refractivity contribution is 5.97. The van der Waals surface area contributed by atoms with Gasteiger partial charge in [0, 0.05) is 17.7 Å². The summed E-state index contributed by atoms with van der Waals surface area (Å²) in [6.45, 7) is 0. The number of ether oxygens (including phenoxy) is 1. The number of esters is 1. The highest BCUT2D eigenvalue weighted by Crippen LogP contribution is 2.16. The van der Waals surface area contributed by atoms with Gasteiger partial charge in [-0.2, -0.15) is 0 Å². The lowest BCUT2D eigenvalue weighted by Crippen LogP contribution is -2.34. The summed E-state index contributed by atoms with van der Waals surface area (Å²) in [5, 5.41) is 13.2. The van der Waals surface area contributed by atoms with E-state index in [0.717, 1.165) is 0 Å². The van der Waals surface area contributed by atoms with E-state index in [2.05, 4.69) is 5.32 Å². The average molecular weight is 314 g/mol. The minimum atomic E-state index is -0.955. The molecule has 1 atom stereocenters. The molecule has 7 heteroatoms. The van der Waals surface area contributed by atoms with E-state index in [4.69, 9.17) is 4.74 Å². The van der Waals surface area contributed by atoms with Crippen LogP contribution >= 0.6 is 0 Å². The first-order chi connectivity index (χ1) is 11.0. The molecule has 0 radical (unpaired) electrons. The van der Waals surface area contributed by atoms with Gasteiger partial charge in [0.1, 0.15) is 0 Å². The number of benzene rings is 2. The number of amides is 1. The fourth-order valence-electron chi connectivity index (χ4n) is 1.99. The third kappa shape index (κ3) is 3.91. The molecule has 0 saturated heterocycles. The van der Waals surface area contributed by atoms with Gasteiger partial charge in [-0.05, 0) is 17.7 Å². The monoisotopic (exact) mass is 314 g/mol. The van der Waals surface area contributed by atoms with E-state index < -0.39 is 22.8 Å². The first-order valence-electron chi connectivity index (χ1n) is 6.71. The summed E-state index contributed by atoms with van der Waals surface area (Å²) in [5.74, 6) is -1.13. The molecule has 0 aliphatic rings. The van der Waals surface area contributed by atoms with Crippen molar-refractivity contribution in [3.63, 3.8) is 0 Å². The summed E-state index contributed by atoms with van der Waals surface area (Å²) >= 11 is 0. The molecule has 0 aliphatic carbocycles. The second kappa shape index (κ2) is 7.17. The third-order valence-corrected chi connectivity index (χ3v) is 3.19. The van der Waals surface area contributed by atoms with Crippen molar-refractivity contribution in [1.29, 1.82) is 0 Å². The Morgan fingerprint density at radius 2 is 1.70 bits per heavy atom. The summed E-state index contributed by atoms with van der Waals surface area (Å²) < 4.78 is 4.71. The van der Waals surface area contributed by atoms with Gasteiger partial charge in [0.25, 0.3) is 11.6 Å². The number of nitro groups is 1. The lowest BCUT2D eigenvalue weighted by molar-refractivity contribution is -0.384. The molecular formula is C16H14N2O5. The van der Waals surface area contributed by atoms with E-state index in [1.807, 2.05) is 0 Å². The van der Waals surface area contributed by atoms with Crippen molar-refractivity contribution < 1.29 is 19.2 Å². The molecule has 0 spiro atoms. The Bertz CT molecular complexity index is 713. The maximum absolute atomic E-state index is 12.2. The van der Waals surface area contributed by atoms with Crippen molar-refractivity contribution in [2.75, 3.05) is 7.11 Å². The second-order valence-electron chi connectivity index (χ2n) is 4.64. The van der Waals surface area contributed by atoms with Gasteiger partial charge >= 0.3 is 5.97 Å². The zero-order valence-electron chi connectivity index (χ0n) is 12.3. The van der Waals surface area contributed by atoms with E-state index in [-0.39, 0.29) is 11.3 Å². The van der Waals surface area contributed by atoms with E-state index in [9.17, 15) is 19.7 Å². The summed E-state index contributed by atoms with van der Waals surface area (Å²) in [6, 6.07) is 12.8. The van der Waals surface area contributed by atoms with Gasteiger partial charge in [0.15, 0.2) is 6.04 Å². The number of carbonyl (C=O) groups excluding carboxylic acids is 2. The number of nitrogens with zero attached hydrogens (tertiary/aromatic N) is 1. The van der Waals surface area contributed by atoms with Crippen LogP contribution in [0, 0.1) is 10.1 Å². The van der Waals surface area contributed by atoms with Crippen LogP contribution < -0.4 is 5.32 Å². The SMILES string of the molecule is COC(=O)C(NC(=O)c1ccc([N+](=O)[O-])cc1)c1ccccc1. The molecule has 1 N–H and O–H groups in total.